The van der Waals surface area contributed by atoms with Crippen molar-refractivity contribution >= 4 is 11.8 Å². The predicted molar refractivity (Wildman–Crippen MR) is 112 cm³/mol. The molecule has 0 radical (unpaired) electrons. The summed E-state index contributed by atoms with van der Waals surface area (Å²) in [5, 5.41) is 11.5. The molecule has 0 aromatic heterocycles. The molecule has 158 valence electrons. The Balaban J connectivity index is 1.62. The molecule has 0 saturated heterocycles. The zero-order chi connectivity index (χ0) is 21.0. The van der Waals surface area contributed by atoms with Crippen molar-refractivity contribution < 1.29 is 19.4 Å². The van der Waals surface area contributed by atoms with Crippen LogP contribution in [0.25, 0.3) is 0 Å². The van der Waals surface area contributed by atoms with E-state index in [0.29, 0.717) is 23.7 Å². The topological polar surface area (TPSA) is 63.6 Å². The van der Waals surface area contributed by atoms with Crippen molar-refractivity contribution in [2.75, 3.05) is 7.11 Å². The number of ketones is 1. The highest BCUT2D eigenvalue weighted by Crippen LogP contribution is 2.66. The molecule has 4 rings (SSSR count). The number of hydrogen-bond acceptors (Lipinski definition) is 4. The maximum absolute atomic E-state index is 11.9. The van der Waals surface area contributed by atoms with Gasteiger partial charge in [0.1, 0.15) is 0 Å². The van der Waals surface area contributed by atoms with E-state index in [-0.39, 0.29) is 34.6 Å². The highest BCUT2D eigenvalue weighted by Gasteiger charge is 2.62. The standard InChI is InChI=1S/C25H34O4/c1-15(5-10-23(28)29-4)19-8-9-20-18-7-6-16-13-17(26)11-12-24(16,2)21(18)14-22(27)25(19,20)3/h5,10-13,15,18-22,27H,6-9,14H2,1-4H3. The molecule has 0 aromatic rings. The largest absolute Gasteiger partial charge is 0.466 e. The van der Waals surface area contributed by atoms with Gasteiger partial charge in [-0.05, 0) is 79.3 Å². The molecule has 0 bridgehead atoms. The van der Waals surface area contributed by atoms with E-state index in [2.05, 4.69) is 26.8 Å². The molecule has 1 N–H and O–H groups in total. The van der Waals surface area contributed by atoms with Crippen LogP contribution in [0, 0.1) is 40.4 Å². The maximum atomic E-state index is 11.9. The lowest BCUT2D eigenvalue weighted by atomic mass is 9.46. The van der Waals surface area contributed by atoms with Crippen molar-refractivity contribution in [2.24, 2.45) is 40.4 Å². The first-order valence-corrected chi connectivity index (χ1v) is 11.1. The van der Waals surface area contributed by atoms with Gasteiger partial charge in [0, 0.05) is 11.5 Å². The highest BCUT2D eigenvalue weighted by molar-refractivity contribution is 6.01. The van der Waals surface area contributed by atoms with E-state index >= 15 is 0 Å². The lowest BCUT2D eigenvalue weighted by Crippen LogP contribution is -2.56. The van der Waals surface area contributed by atoms with Crippen LogP contribution in [0.5, 0.6) is 0 Å². The molecule has 4 nitrogen and oxygen atoms in total. The van der Waals surface area contributed by atoms with Gasteiger partial charge in [-0.2, -0.15) is 0 Å². The summed E-state index contributed by atoms with van der Waals surface area (Å²) >= 11 is 0. The average molecular weight is 399 g/mol. The number of hydrogen-bond donors (Lipinski definition) is 1. The van der Waals surface area contributed by atoms with Gasteiger partial charge in [-0.3, -0.25) is 4.79 Å². The third kappa shape index (κ3) is 3.06. The van der Waals surface area contributed by atoms with Crippen LogP contribution < -0.4 is 0 Å². The summed E-state index contributed by atoms with van der Waals surface area (Å²) in [6.45, 7) is 6.71. The second-order valence-corrected chi connectivity index (χ2v) is 10.1. The van der Waals surface area contributed by atoms with E-state index in [1.807, 2.05) is 12.2 Å². The number of carbonyl (C=O) groups excluding carboxylic acids is 2. The smallest absolute Gasteiger partial charge is 0.330 e. The first-order valence-electron chi connectivity index (χ1n) is 11.1. The Kier molecular flexibility index (Phi) is 5.13. The summed E-state index contributed by atoms with van der Waals surface area (Å²) in [5.41, 5.74) is 1.02. The molecule has 29 heavy (non-hydrogen) atoms. The number of carbonyl (C=O) groups is 2. The first kappa shape index (κ1) is 20.6. The van der Waals surface area contributed by atoms with Crippen molar-refractivity contribution in [3.05, 3.63) is 36.0 Å². The number of aliphatic hydroxyl groups is 1. The summed E-state index contributed by atoms with van der Waals surface area (Å²) in [6, 6.07) is 0. The Morgan fingerprint density at radius 1 is 1.28 bits per heavy atom. The van der Waals surface area contributed by atoms with Crippen molar-refractivity contribution in [3.8, 4) is 0 Å². The fourth-order valence-corrected chi connectivity index (χ4v) is 7.49. The monoisotopic (exact) mass is 398 g/mol. The van der Waals surface area contributed by atoms with Gasteiger partial charge >= 0.3 is 5.97 Å². The second kappa shape index (κ2) is 7.23. The van der Waals surface area contributed by atoms with Crippen molar-refractivity contribution in [3.63, 3.8) is 0 Å². The average Bonchev–Trinajstić information content (AvgIpc) is 3.06. The molecule has 0 amide bonds. The lowest BCUT2D eigenvalue weighted by Gasteiger charge is -2.59. The van der Waals surface area contributed by atoms with Crippen molar-refractivity contribution in [1.29, 1.82) is 0 Å². The molecule has 0 heterocycles. The molecule has 0 spiro atoms. The van der Waals surface area contributed by atoms with Gasteiger partial charge in [-0.1, -0.05) is 38.5 Å². The fraction of sp³-hybridized carbons (Fsp3) is 0.680. The maximum Gasteiger partial charge on any atom is 0.330 e. The molecule has 4 aliphatic rings. The van der Waals surface area contributed by atoms with Gasteiger partial charge in [0.25, 0.3) is 0 Å². The summed E-state index contributed by atoms with van der Waals surface area (Å²) in [5.74, 6) is 1.81. The molecule has 0 aromatic carbocycles. The number of esters is 1. The number of methoxy groups -OCH3 is 1. The third-order valence-electron chi connectivity index (χ3n) is 9.11. The fourth-order valence-electron chi connectivity index (χ4n) is 7.49. The van der Waals surface area contributed by atoms with Gasteiger partial charge in [0.05, 0.1) is 13.2 Å². The van der Waals surface area contributed by atoms with E-state index in [0.717, 1.165) is 32.1 Å². The van der Waals surface area contributed by atoms with Crippen LogP contribution >= 0.6 is 0 Å². The molecular formula is C25H34O4. The number of aliphatic hydroxyl groups excluding tert-OH is 1. The van der Waals surface area contributed by atoms with Gasteiger partial charge in [0.15, 0.2) is 5.78 Å². The highest BCUT2D eigenvalue weighted by atomic mass is 16.5. The molecule has 4 heteroatoms. The second-order valence-electron chi connectivity index (χ2n) is 10.1. The van der Waals surface area contributed by atoms with Crippen molar-refractivity contribution in [1.82, 2.24) is 0 Å². The minimum absolute atomic E-state index is 0.101. The Labute approximate surface area is 174 Å². The third-order valence-corrected chi connectivity index (χ3v) is 9.11. The van der Waals surface area contributed by atoms with Crippen molar-refractivity contribution in [2.45, 2.75) is 59.0 Å². The molecular weight excluding hydrogens is 364 g/mol. The number of rotatable bonds is 3. The molecule has 3 fully saturated rings. The Hall–Kier alpha value is -1.68. The van der Waals surface area contributed by atoms with Crippen LogP contribution in [0.15, 0.2) is 36.0 Å². The van der Waals surface area contributed by atoms with Crippen LogP contribution in [-0.2, 0) is 14.3 Å². The minimum Gasteiger partial charge on any atom is -0.466 e. The lowest BCUT2D eigenvalue weighted by molar-refractivity contribution is -0.135. The Bertz CT molecular complexity index is 793. The number of allylic oxidation sites excluding steroid dienone is 5. The van der Waals surface area contributed by atoms with E-state index in [4.69, 9.17) is 4.74 Å². The first-order chi connectivity index (χ1) is 13.7. The summed E-state index contributed by atoms with van der Waals surface area (Å²) in [4.78, 5) is 23.5. The Morgan fingerprint density at radius 3 is 2.76 bits per heavy atom. The molecule has 4 aliphatic carbocycles. The molecule has 0 aliphatic heterocycles. The quantitative estimate of drug-likeness (QED) is 0.570. The number of ether oxygens (including phenoxy) is 1. The minimum atomic E-state index is -0.363. The number of fused-ring (bicyclic) bond motifs is 5. The molecule has 3 saturated carbocycles. The van der Waals surface area contributed by atoms with Crippen LogP contribution in [-0.4, -0.2) is 30.1 Å². The van der Waals surface area contributed by atoms with E-state index < -0.39 is 0 Å². The summed E-state index contributed by atoms with van der Waals surface area (Å²) in [7, 11) is 1.40. The predicted octanol–water partition coefficient (Wildman–Crippen LogP) is 4.25. The van der Waals surface area contributed by atoms with Crippen LogP contribution in [0.1, 0.15) is 52.9 Å². The van der Waals surface area contributed by atoms with Gasteiger partial charge in [-0.15, -0.1) is 0 Å². The summed E-state index contributed by atoms with van der Waals surface area (Å²) in [6.07, 6.45) is 13.9. The molecule has 8 unspecified atom stereocenters. The normalized spacial score (nSPS) is 44.7. The summed E-state index contributed by atoms with van der Waals surface area (Å²) < 4.78 is 4.74. The van der Waals surface area contributed by atoms with E-state index in [1.165, 1.54) is 18.8 Å². The molecule has 8 atom stereocenters. The van der Waals surface area contributed by atoms with Gasteiger partial charge < -0.3 is 9.84 Å². The van der Waals surface area contributed by atoms with Gasteiger partial charge in [-0.25, -0.2) is 4.79 Å². The van der Waals surface area contributed by atoms with E-state index in [9.17, 15) is 14.7 Å². The van der Waals surface area contributed by atoms with E-state index in [1.54, 1.807) is 6.08 Å². The Morgan fingerprint density at radius 2 is 2.03 bits per heavy atom. The van der Waals surface area contributed by atoms with Crippen LogP contribution in [0.4, 0.5) is 0 Å². The zero-order valence-corrected chi connectivity index (χ0v) is 18.1. The SMILES string of the molecule is COC(=O)C=CC(C)C1CCC2C3CCC4=CC(=O)C=CC4(C)C3CC(O)C12C. The zero-order valence-electron chi connectivity index (χ0n) is 18.1. The van der Waals surface area contributed by atoms with Crippen LogP contribution in [0.3, 0.4) is 0 Å². The van der Waals surface area contributed by atoms with Gasteiger partial charge in [0.2, 0.25) is 0 Å². The van der Waals surface area contributed by atoms with Crippen LogP contribution in [0.2, 0.25) is 0 Å².